The molecule has 1 aromatic carbocycles. The van der Waals surface area contributed by atoms with Crippen molar-refractivity contribution in [2.24, 2.45) is 10.9 Å². The summed E-state index contributed by atoms with van der Waals surface area (Å²) in [4.78, 5) is 0. The maximum atomic E-state index is 13.6. The van der Waals surface area contributed by atoms with Crippen LogP contribution in [0, 0.1) is 18.6 Å². The number of halogens is 2. The van der Waals surface area contributed by atoms with Gasteiger partial charge in [0.2, 0.25) is 0 Å². The zero-order chi connectivity index (χ0) is 13.0. The summed E-state index contributed by atoms with van der Waals surface area (Å²) in [6.45, 7) is 3.23. The van der Waals surface area contributed by atoms with E-state index in [1.165, 1.54) is 12.1 Å². The molecule has 0 heterocycles. The van der Waals surface area contributed by atoms with Gasteiger partial charge in [-0.1, -0.05) is 11.2 Å². The van der Waals surface area contributed by atoms with Crippen LogP contribution in [0.25, 0.3) is 0 Å². The molecule has 4 N–H and O–H groups in total. The molecular formula is C11H15F2N3O. The number of nitrogens with zero attached hydrogens (tertiary/aromatic N) is 1. The van der Waals surface area contributed by atoms with Crippen LogP contribution in [0.15, 0.2) is 17.3 Å². The molecule has 6 heteroatoms. The van der Waals surface area contributed by atoms with Gasteiger partial charge in [0, 0.05) is 12.5 Å². The van der Waals surface area contributed by atoms with Gasteiger partial charge in [-0.25, -0.2) is 8.78 Å². The second kappa shape index (κ2) is 5.47. The number of anilines is 1. The summed E-state index contributed by atoms with van der Waals surface area (Å²) in [6.07, 6.45) is 0.184. The molecule has 1 unspecified atom stereocenters. The van der Waals surface area contributed by atoms with Gasteiger partial charge in [0.05, 0.1) is 0 Å². The van der Waals surface area contributed by atoms with E-state index in [-0.39, 0.29) is 24.0 Å². The highest BCUT2D eigenvalue weighted by atomic mass is 19.1. The number of oxime groups is 1. The summed E-state index contributed by atoms with van der Waals surface area (Å²) in [7, 11) is 0. The number of hydrogen-bond acceptors (Lipinski definition) is 3. The third-order valence-electron chi connectivity index (χ3n) is 2.32. The number of nitrogens with two attached hydrogens (primary N) is 1. The van der Waals surface area contributed by atoms with Gasteiger partial charge in [0.1, 0.15) is 17.3 Å². The van der Waals surface area contributed by atoms with E-state index < -0.39 is 11.6 Å². The summed E-state index contributed by atoms with van der Waals surface area (Å²) in [5, 5.41) is 13.9. The Bertz CT molecular complexity index is 435. The van der Waals surface area contributed by atoms with E-state index >= 15 is 0 Å². The lowest BCUT2D eigenvalue weighted by atomic mass is 10.1. The molecule has 0 saturated heterocycles. The minimum absolute atomic E-state index is 0.00142. The minimum Gasteiger partial charge on any atom is -0.409 e. The predicted molar refractivity (Wildman–Crippen MR) is 62.2 cm³/mol. The third kappa shape index (κ3) is 3.30. The van der Waals surface area contributed by atoms with Gasteiger partial charge in [0.25, 0.3) is 0 Å². The molecule has 94 valence electrons. The molecule has 17 heavy (non-hydrogen) atoms. The Morgan fingerprint density at radius 3 is 2.76 bits per heavy atom. The smallest absolute Gasteiger partial charge is 0.152 e. The Morgan fingerprint density at radius 2 is 2.18 bits per heavy atom. The molecule has 0 spiro atoms. The van der Waals surface area contributed by atoms with Crippen molar-refractivity contribution in [1.29, 1.82) is 0 Å². The fourth-order valence-electron chi connectivity index (χ4n) is 1.44. The molecule has 0 saturated carbocycles. The second-order valence-electron chi connectivity index (χ2n) is 3.89. The lowest BCUT2D eigenvalue weighted by Gasteiger charge is -2.16. The Morgan fingerprint density at radius 1 is 1.53 bits per heavy atom. The van der Waals surface area contributed by atoms with Gasteiger partial charge in [-0.15, -0.1) is 0 Å². The first-order chi connectivity index (χ1) is 7.95. The number of nitrogens with one attached hydrogen (secondary N) is 1. The highest BCUT2D eigenvalue weighted by Crippen LogP contribution is 2.22. The number of hydrogen-bond donors (Lipinski definition) is 3. The van der Waals surface area contributed by atoms with Crippen LogP contribution < -0.4 is 11.1 Å². The van der Waals surface area contributed by atoms with Crippen molar-refractivity contribution in [3.63, 3.8) is 0 Å². The Labute approximate surface area is 98.1 Å². The minimum atomic E-state index is -0.667. The molecule has 0 amide bonds. The van der Waals surface area contributed by atoms with E-state index in [0.29, 0.717) is 5.56 Å². The highest BCUT2D eigenvalue weighted by molar-refractivity contribution is 5.80. The molecule has 0 bridgehead atoms. The van der Waals surface area contributed by atoms with Crippen LogP contribution >= 0.6 is 0 Å². The van der Waals surface area contributed by atoms with Crippen LogP contribution in [-0.4, -0.2) is 17.1 Å². The van der Waals surface area contributed by atoms with Gasteiger partial charge < -0.3 is 16.3 Å². The first kappa shape index (κ1) is 13.2. The van der Waals surface area contributed by atoms with Gasteiger partial charge in [0.15, 0.2) is 5.82 Å². The Hall–Kier alpha value is -1.85. The largest absolute Gasteiger partial charge is 0.409 e. The summed E-state index contributed by atoms with van der Waals surface area (Å²) in [6, 6.07) is 2.21. The van der Waals surface area contributed by atoms with Crippen LogP contribution in [0.3, 0.4) is 0 Å². The monoisotopic (exact) mass is 243 g/mol. The molecule has 0 aliphatic rings. The fraction of sp³-hybridized carbons (Fsp3) is 0.364. The van der Waals surface area contributed by atoms with Crippen LogP contribution in [0.4, 0.5) is 14.5 Å². The van der Waals surface area contributed by atoms with E-state index in [2.05, 4.69) is 10.5 Å². The topological polar surface area (TPSA) is 70.6 Å². The zero-order valence-electron chi connectivity index (χ0n) is 9.67. The van der Waals surface area contributed by atoms with Crippen LogP contribution in [0.2, 0.25) is 0 Å². The maximum Gasteiger partial charge on any atom is 0.152 e. The zero-order valence-corrected chi connectivity index (χ0v) is 9.67. The summed E-state index contributed by atoms with van der Waals surface area (Å²) >= 11 is 0. The molecule has 0 aliphatic carbocycles. The van der Waals surface area contributed by atoms with Crippen LogP contribution in [0.5, 0.6) is 0 Å². The van der Waals surface area contributed by atoms with Gasteiger partial charge in [-0.2, -0.15) is 0 Å². The summed E-state index contributed by atoms with van der Waals surface area (Å²) in [5.74, 6) is -1.30. The Kier molecular flexibility index (Phi) is 4.25. The first-order valence-corrected chi connectivity index (χ1v) is 5.13. The second-order valence-corrected chi connectivity index (χ2v) is 3.89. The number of benzene rings is 1. The highest BCUT2D eigenvalue weighted by Gasteiger charge is 2.14. The van der Waals surface area contributed by atoms with Crippen LogP contribution in [0.1, 0.15) is 18.9 Å². The average molecular weight is 243 g/mol. The molecule has 1 atom stereocenters. The van der Waals surface area contributed by atoms with E-state index in [0.717, 1.165) is 0 Å². The quantitative estimate of drug-likeness (QED) is 0.328. The van der Waals surface area contributed by atoms with Crippen molar-refractivity contribution in [3.8, 4) is 0 Å². The molecule has 0 aromatic heterocycles. The maximum absolute atomic E-state index is 13.6. The summed E-state index contributed by atoms with van der Waals surface area (Å²) in [5.41, 5.74) is 5.47. The average Bonchev–Trinajstić information content (AvgIpc) is 2.29. The van der Waals surface area contributed by atoms with Crippen molar-refractivity contribution >= 4 is 11.5 Å². The van der Waals surface area contributed by atoms with Crippen molar-refractivity contribution in [3.05, 3.63) is 29.3 Å². The Balaban J connectivity index is 2.85. The van der Waals surface area contributed by atoms with Gasteiger partial charge >= 0.3 is 0 Å². The molecule has 1 aromatic rings. The lowest BCUT2D eigenvalue weighted by Crippen LogP contribution is -2.25. The molecule has 4 nitrogen and oxygen atoms in total. The summed E-state index contributed by atoms with van der Waals surface area (Å²) < 4.78 is 27.0. The fourth-order valence-corrected chi connectivity index (χ4v) is 1.44. The van der Waals surface area contributed by atoms with Crippen molar-refractivity contribution in [2.75, 3.05) is 5.32 Å². The van der Waals surface area contributed by atoms with E-state index in [4.69, 9.17) is 10.9 Å². The van der Waals surface area contributed by atoms with E-state index in [9.17, 15) is 8.78 Å². The van der Waals surface area contributed by atoms with Crippen LogP contribution in [-0.2, 0) is 0 Å². The first-order valence-electron chi connectivity index (χ1n) is 5.13. The lowest BCUT2D eigenvalue weighted by molar-refractivity contribution is 0.316. The number of amidine groups is 1. The predicted octanol–water partition coefficient (Wildman–Crippen LogP) is 2.21. The molecule has 0 aliphatic heterocycles. The van der Waals surface area contributed by atoms with Gasteiger partial charge in [-0.3, -0.25) is 0 Å². The third-order valence-corrected chi connectivity index (χ3v) is 2.32. The van der Waals surface area contributed by atoms with Crippen molar-refractivity contribution in [2.45, 2.75) is 26.3 Å². The molecule has 0 radical (unpaired) electrons. The van der Waals surface area contributed by atoms with E-state index in [1.807, 2.05) is 0 Å². The normalized spacial score (nSPS) is 13.5. The molecular weight excluding hydrogens is 228 g/mol. The number of rotatable bonds is 4. The van der Waals surface area contributed by atoms with E-state index in [1.54, 1.807) is 13.8 Å². The van der Waals surface area contributed by atoms with Gasteiger partial charge in [-0.05, 0) is 25.5 Å². The molecule has 0 fully saturated rings. The molecule has 1 rings (SSSR count). The SMILES string of the molecule is Cc1ccc(F)c(NC(C)C/C(N)=N/O)c1F. The standard InChI is InChI=1S/C11H15F2N3O/c1-6-3-4-8(12)11(10(6)13)15-7(2)5-9(14)16-17/h3-4,7,15,17H,5H2,1-2H3,(H2,14,16). The van der Waals surface area contributed by atoms with Crippen molar-refractivity contribution in [1.82, 2.24) is 0 Å². The van der Waals surface area contributed by atoms with Crippen molar-refractivity contribution < 1.29 is 14.0 Å². The number of aryl methyl sites for hydroxylation is 1.